The molecule has 0 aliphatic heterocycles. The van der Waals surface area contributed by atoms with Gasteiger partial charge in [0.1, 0.15) is 0 Å². The summed E-state index contributed by atoms with van der Waals surface area (Å²) in [6.45, 7) is 5.82. The third kappa shape index (κ3) is 0.994. The molecule has 2 heteroatoms. The van der Waals surface area contributed by atoms with Gasteiger partial charge in [0.05, 0.1) is 10.2 Å². The molecule has 0 aromatic carbocycles. The summed E-state index contributed by atoms with van der Waals surface area (Å²) in [7, 11) is 0. The van der Waals surface area contributed by atoms with Crippen LogP contribution >= 0.6 is 11.3 Å². The zero-order valence-electron chi connectivity index (χ0n) is 6.35. The third-order valence-corrected chi connectivity index (χ3v) is 2.67. The molecule has 0 spiro atoms. The average Bonchev–Trinajstić information content (AvgIpc) is 2.43. The molecule has 56 valence electrons. The van der Waals surface area contributed by atoms with Gasteiger partial charge in [0.2, 0.25) is 0 Å². The van der Waals surface area contributed by atoms with E-state index < -0.39 is 0 Å². The van der Waals surface area contributed by atoms with Crippen molar-refractivity contribution in [3.8, 4) is 0 Å². The molecule has 0 atom stereocenters. The van der Waals surface area contributed by atoms with Crippen LogP contribution in [0.15, 0.2) is 18.7 Å². The highest BCUT2D eigenvalue weighted by atomic mass is 32.1. The minimum Gasteiger partial charge on any atom is -0.354 e. The second-order valence-electron chi connectivity index (χ2n) is 2.56. The van der Waals surface area contributed by atoms with E-state index in [1.165, 1.54) is 15.1 Å². The number of nitrogens with one attached hydrogen (secondary N) is 1. The van der Waals surface area contributed by atoms with Crippen LogP contribution in [0.1, 0.15) is 10.6 Å². The van der Waals surface area contributed by atoms with Crippen molar-refractivity contribution < 1.29 is 0 Å². The van der Waals surface area contributed by atoms with Gasteiger partial charge in [0.25, 0.3) is 0 Å². The van der Waals surface area contributed by atoms with Crippen LogP contribution < -0.4 is 0 Å². The SMILES string of the molecule is C=Cc1cc2sc(C)cc2[nH]1. The first-order valence-corrected chi connectivity index (χ1v) is 4.33. The quantitative estimate of drug-likeness (QED) is 0.664. The molecule has 0 radical (unpaired) electrons. The fourth-order valence-corrected chi connectivity index (χ4v) is 2.11. The van der Waals surface area contributed by atoms with E-state index in [-0.39, 0.29) is 0 Å². The number of aryl methyl sites for hydroxylation is 1. The third-order valence-electron chi connectivity index (χ3n) is 1.67. The predicted molar refractivity (Wildman–Crippen MR) is 51.0 cm³/mol. The lowest BCUT2D eigenvalue weighted by Crippen LogP contribution is -1.65. The Labute approximate surface area is 69.4 Å². The Morgan fingerprint density at radius 3 is 3.00 bits per heavy atom. The van der Waals surface area contributed by atoms with E-state index in [2.05, 4.69) is 30.6 Å². The second kappa shape index (κ2) is 2.24. The van der Waals surface area contributed by atoms with Gasteiger partial charge in [-0.1, -0.05) is 6.58 Å². The van der Waals surface area contributed by atoms with Crippen LogP contribution in [0.25, 0.3) is 16.3 Å². The average molecular weight is 163 g/mol. The van der Waals surface area contributed by atoms with E-state index in [0.717, 1.165) is 5.69 Å². The van der Waals surface area contributed by atoms with Gasteiger partial charge in [-0.2, -0.15) is 0 Å². The Hall–Kier alpha value is -1.02. The van der Waals surface area contributed by atoms with Crippen LogP contribution in [0.4, 0.5) is 0 Å². The lowest BCUT2D eigenvalue weighted by atomic mass is 10.4. The number of fused-ring (bicyclic) bond motifs is 1. The van der Waals surface area contributed by atoms with Crippen molar-refractivity contribution in [1.82, 2.24) is 4.98 Å². The van der Waals surface area contributed by atoms with Crippen LogP contribution in [0, 0.1) is 6.92 Å². The van der Waals surface area contributed by atoms with Crippen molar-refractivity contribution in [1.29, 1.82) is 0 Å². The summed E-state index contributed by atoms with van der Waals surface area (Å²) in [5.41, 5.74) is 2.33. The molecule has 0 fully saturated rings. The number of aromatic amines is 1. The summed E-state index contributed by atoms with van der Waals surface area (Å²) in [5, 5.41) is 0. The molecule has 2 aromatic rings. The summed E-state index contributed by atoms with van der Waals surface area (Å²) < 4.78 is 1.32. The summed E-state index contributed by atoms with van der Waals surface area (Å²) >= 11 is 1.81. The van der Waals surface area contributed by atoms with Crippen LogP contribution in [-0.2, 0) is 0 Å². The van der Waals surface area contributed by atoms with E-state index in [1.807, 2.05) is 17.4 Å². The van der Waals surface area contributed by atoms with Gasteiger partial charge in [-0.15, -0.1) is 11.3 Å². The van der Waals surface area contributed by atoms with E-state index in [4.69, 9.17) is 0 Å². The van der Waals surface area contributed by atoms with Crippen molar-refractivity contribution >= 4 is 27.6 Å². The van der Waals surface area contributed by atoms with E-state index >= 15 is 0 Å². The second-order valence-corrected chi connectivity index (χ2v) is 3.85. The summed E-state index contributed by atoms with van der Waals surface area (Å²) in [6, 6.07) is 4.28. The van der Waals surface area contributed by atoms with E-state index in [0.29, 0.717) is 0 Å². The van der Waals surface area contributed by atoms with Crippen molar-refractivity contribution in [2.24, 2.45) is 0 Å². The maximum Gasteiger partial charge on any atom is 0.0570 e. The maximum absolute atomic E-state index is 3.70. The van der Waals surface area contributed by atoms with Crippen LogP contribution in [0.2, 0.25) is 0 Å². The number of hydrogen-bond acceptors (Lipinski definition) is 1. The minimum atomic E-state index is 1.10. The van der Waals surface area contributed by atoms with Crippen LogP contribution in [0.5, 0.6) is 0 Å². The highest BCUT2D eigenvalue weighted by molar-refractivity contribution is 7.19. The standard InChI is InChI=1S/C9H9NS/c1-3-7-5-9-8(10-7)4-6(2)11-9/h3-5,10H,1H2,2H3. The molecule has 2 heterocycles. The molecule has 0 saturated carbocycles. The number of H-pyrrole nitrogens is 1. The van der Waals surface area contributed by atoms with Gasteiger partial charge < -0.3 is 4.98 Å². The Bertz CT molecular complexity index is 363. The summed E-state index contributed by atoms with van der Waals surface area (Å²) in [5.74, 6) is 0. The Morgan fingerprint density at radius 1 is 1.55 bits per heavy atom. The van der Waals surface area contributed by atoms with Crippen LogP contribution in [-0.4, -0.2) is 4.98 Å². The molecule has 0 unspecified atom stereocenters. The molecular weight excluding hydrogens is 154 g/mol. The fraction of sp³-hybridized carbons (Fsp3) is 0.111. The fourth-order valence-electron chi connectivity index (χ4n) is 1.18. The first-order valence-electron chi connectivity index (χ1n) is 3.51. The topological polar surface area (TPSA) is 15.8 Å². The lowest BCUT2D eigenvalue weighted by Gasteiger charge is -1.80. The molecular formula is C9H9NS. The van der Waals surface area contributed by atoms with E-state index in [9.17, 15) is 0 Å². The van der Waals surface area contributed by atoms with Gasteiger partial charge in [-0.25, -0.2) is 0 Å². The van der Waals surface area contributed by atoms with Gasteiger partial charge in [-0.05, 0) is 25.1 Å². The van der Waals surface area contributed by atoms with Crippen molar-refractivity contribution in [2.45, 2.75) is 6.92 Å². The molecule has 0 amide bonds. The Balaban J connectivity index is 2.72. The minimum absolute atomic E-state index is 1.10. The van der Waals surface area contributed by atoms with Crippen LogP contribution in [0.3, 0.4) is 0 Å². The highest BCUT2D eigenvalue weighted by Crippen LogP contribution is 2.25. The largest absolute Gasteiger partial charge is 0.354 e. The monoisotopic (exact) mass is 163 g/mol. The molecule has 0 aliphatic carbocycles. The van der Waals surface area contributed by atoms with Gasteiger partial charge in [0, 0.05) is 10.6 Å². The zero-order chi connectivity index (χ0) is 7.84. The number of rotatable bonds is 1. The smallest absolute Gasteiger partial charge is 0.0570 e. The maximum atomic E-state index is 3.70. The first-order chi connectivity index (χ1) is 5.29. The summed E-state index contributed by atoms with van der Waals surface area (Å²) in [6.07, 6.45) is 1.84. The van der Waals surface area contributed by atoms with Crippen molar-refractivity contribution in [3.63, 3.8) is 0 Å². The lowest BCUT2D eigenvalue weighted by molar-refractivity contribution is 1.43. The van der Waals surface area contributed by atoms with Crippen molar-refractivity contribution in [3.05, 3.63) is 29.3 Å². The van der Waals surface area contributed by atoms with Gasteiger partial charge in [-0.3, -0.25) is 0 Å². The molecule has 0 aliphatic rings. The number of aromatic nitrogens is 1. The highest BCUT2D eigenvalue weighted by Gasteiger charge is 2.00. The van der Waals surface area contributed by atoms with Crippen molar-refractivity contribution in [2.75, 3.05) is 0 Å². The Kier molecular flexibility index (Phi) is 1.36. The van der Waals surface area contributed by atoms with Gasteiger partial charge >= 0.3 is 0 Å². The van der Waals surface area contributed by atoms with Gasteiger partial charge in [0.15, 0.2) is 0 Å². The van der Waals surface area contributed by atoms with E-state index in [1.54, 1.807) is 0 Å². The Morgan fingerprint density at radius 2 is 2.36 bits per heavy atom. The molecule has 0 saturated heterocycles. The predicted octanol–water partition coefficient (Wildman–Crippen LogP) is 3.18. The first kappa shape index (κ1) is 6.68. The summed E-state index contributed by atoms with van der Waals surface area (Å²) in [4.78, 5) is 4.61. The number of hydrogen-bond donors (Lipinski definition) is 1. The molecule has 2 aromatic heterocycles. The molecule has 1 nitrogen and oxygen atoms in total. The molecule has 1 N–H and O–H groups in total. The molecule has 2 rings (SSSR count). The normalized spacial score (nSPS) is 10.6. The number of thiophene rings is 1. The zero-order valence-corrected chi connectivity index (χ0v) is 7.16. The molecule has 11 heavy (non-hydrogen) atoms. The molecule has 0 bridgehead atoms.